The summed E-state index contributed by atoms with van der Waals surface area (Å²) in [5.41, 5.74) is 2.32. The Bertz CT molecular complexity index is 846. The van der Waals surface area contributed by atoms with Crippen molar-refractivity contribution in [1.82, 2.24) is 10.2 Å². The fourth-order valence-electron chi connectivity index (χ4n) is 4.79. The van der Waals surface area contributed by atoms with Gasteiger partial charge in [-0.3, -0.25) is 0 Å². The van der Waals surface area contributed by atoms with Crippen LogP contribution in [-0.4, -0.2) is 37.1 Å². The smallest absolute Gasteiger partial charge is 0.317 e. The van der Waals surface area contributed by atoms with Crippen LogP contribution >= 0.6 is 0 Å². The Hall–Kier alpha value is -2.56. The van der Waals surface area contributed by atoms with E-state index < -0.39 is 0 Å². The van der Waals surface area contributed by atoms with Crippen LogP contribution in [0.5, 0.6) is 0 Å². The summed E-state index contributed by atoms with van der Waals surface area (Å²) >= 11 is 0. The summed E-state index contributed by atoms with van der Waals surface area (Å²) in [6, 6.07) is 17.6. The number of nitrogens with one attached hydrogen (secondary N) is 1. The largest absolute Gasteiger partial charge is 0.363 e. The number of piperidine rings is 1. The molecular formula is C24H30FN3O. The summed E-state index contributed by atoms with van der Waals surface area (Å²) in [5.74, 6) is 0.246. The van der Waals surface area contributed by atoms with E-state index in [9.17, 15) is 9.18 Å². The molecule has 0 radical (unpaired) electrons. The molecule has 29 heavy (non-hydrogen) atoms. The van der Waals surface area contributed by atoms with Crippen LogP contribution < -0.4 is 10.2 Å². The summed E-state index contributed by atoms with van der Waals surface area (Å²) in [6.07, 6.45) is 1.93. The van der Waals surface area contributed by atoms with Crippen LogP contribution in [0.2, 0.25) is 0 Å². The van der Waals surface area contributed by atoms with E-state index in [1.807, 2.05) is 17.0 Å². The second kappa shape index (κ2) is 8.05. The Morgan fingerprint density at radius 2 is 1.86 bits per heavy atom. The first-order valence-electron chi connectivity index (χ1n) is 10.6. The Morgan fingerprint density at radius 1 is 1.14 bits per heavy atom. The number of rotatable bonds is 4. The quantitative estimate of drug-likeness (QED) is 0.804. The number of amides is 2. The summed E-state index contributed by atoms with van der Waals surface area (Å²) in [7, 11) is 0. The van der Waals surface area contributed by atoms with E-state index in [4.69, 9.17) is 0 Å². The number of hydrogen-bond donors (Lipinski definition) is 1. The zero-order chi connectivity index (χ0) is 20.4. The molecule has 0 saturated carbocycles. The molecule has 0 bridgehead atoms. The van der Waals surface area contributed by atoms with Gasteiger partial charge in [-0.15, -0.1) is 0 Å². The van der Waals surface area contributed by atoms with Crippen molar-refractivity contribution in [2.24, 2.45) is 11.3 Å². The van der Waals surface area contributed by atoms with Crippen molar-refractivity contribution in [2.75, 3.05) is 31.1 Å². The zero-order valence-corrected chi connectivity index (χ0v) is 17.3. The number of likely N-dealkylation sites (tertiary alicyclic amines) is 1. The SMILES string of the molecule is CC(C)CNC(=O)N1CCC2(CC1)CN(c1cccc(F)c1)C2c1ccccc1. The van der Waals surface area contributed by atoms with Crippen LogP contribution in [0.1, 0.15) is 38.3 Å². The molecule has 2 aromatic carbocycles. The number of halogens is 1. The van der Waals surface area contributed by atoms with Gasteiger partial charge in [0.05, 0.1) is 6.04 Å². The minimum Gasteiger partial charge on any atom is -0.363 e. The van der Waals surface area contributed by atoms with Gasteiger partial charge in [-0.25, -0.2) is 9.18 Å². The van der Waals surface area contributed by atoms with Crippen LogP contribution in [0.25, 0.3) is 0 Å². The van der Waals surface area contributed by atoms with Crippen molar-refractivity contribution >= 4 is 11.7 Å². The van der Waals surface area contributed by atoms with Gasteiger partial charge >= 0.3 is 6.03 Å². The van der Waals surface area contributed by atoms with Gasteiger partial charge < -0.3 is 15.1 Å². The lowest BCUT2D eigenvalue weighted by molar-refractivity contribution is 0.0435. The highest BCUT2D eigenvalue weighted by molar-refractivity contribution is 5.74. The number of benzene rings is 2. The number of anilines is 1. The maximum absolute atomic E-state index is 13.8. The molecule has 0 aromatic heterocycles. The maximum Gasteiger partial charge on any atom is 0.317 e. The predicted molar refractivity (Wildman–Crippen MR) is 114 cm³/mol. The highest BCUT2D eigenvalue weighted by Crippen LogP contribution is 2.56. The molecule has 154 valence electrons. The second-order valence-electron chi connectivity index (χ2n) is 8.85. The number of carbonyl (C=O) groups excluding carboxylic acids is 1. The van der Waals surface area contributed by atoms with Crippen molar-refractivity contribution in [1.29, 1.82) is 0 Å². The Labute approximate surface area is 172 Å². The normalized spacial score (nSPS) is 20.6. The van der Waals surface area contributed by atoms with Crippen LogP contribution in [-0.2, 0) is 0 Å². The molecule has 1 N–H and O–H groups in total. The van der Waals surface area contributed by atoms with Gasteiger partial charge in [-0.1, -0.05) is 50.2 Å². The number of carbonyl (C=O) groups is 1. The molecule has 1 spiro atoms. The van der Waals surface area contributed by atoms with Gasteiger partial charge in [0.15, 0.2) is 0 Å². The minimum absolute atomic E-state index is 0.0473. The Kier molecular flexibility index (Phi) is 5.48. The first-order valence-corrected chi connectivity index (χ1v) is 10.6. The van der Waals surface area contributed by atoms with Gasteiger partial charge in [-0.05, 0) is 42.5 Å². The van der Waals surface area contributed by atoms with Gasteiger partial charge in [0.1, 0.15) is 5.82 Å². The number of hydrogen-bond acceptors (Lipinski definition) is 2. The molecule has 2 fully saturated rings. The van der Waals surface area contributed by atoms with E-state index in [-0.39, 0.29) is 23.3 Å². The van der Waals surface area contributed by atoms with Crippen molar-refractivity contribution in [2.45, 2.75) is 32.7 Å². The van der Waals surface area contributed by atoms with E-state index in [0.717, 1.165) is 38.2 Å². The van der Waals surface area contributed by atoms with E-state index in [2.05, 4.69) is 48.3 Å². The molecule has 2 saturated heterocycles. The molecule has 1 atom stereocenters. The van der Waals surface area contributed by atoms with Crippen LogP contribution in [0.3, 0.4) is 0 Å². The summed E-state index contributed by atoms with van der Waals surface area (Å²) in [6.45, 7) is 7.35. The van der Waals surface area contributed by atoms with Crippen LogP contribution in [0.15, 0.2) is 54.6 Å². The van der Waals surface area contributed by atoms with Gasteiger partial charge in [0.25, 0.3) is 0 Å². The average Bonchev–Trinajstić information content (AvgIpc) is 2.71. The molecular weight excluding hydrogens is 365 g/mol. The molecule has 2 heterocycles. The minimum atomic E-state index is -0.202. The maximum atomic E-state index is 13.8. The monoisotopic (exact) mass is 395 g/mol. The van der Waals surface area contributed by atoms with E-state index >= 15 is 0 Å². The molecule has 2 aliphatic heterocycles. The van der Waals surface area contributed by atoms with Crippen molar-refractivity contribution in [3.8, 4) is 0 Å². The molecule has 2 aliphatic rings. The molecule has 2 amide bonds. The number of urea groups is 1. The average molecular weight is 396 g/mol. The first-order chi connectivity index (χ1) is 14.0. The van der Waals surface area contributed by atoms with Crippen molar-refractivity contribution in [3.05, 3.63) is 66.0 Å². The third-order valence-corrected chi connectivity index (χ3v) is 6.34. The standard InChI is InChI=1S/C24H30FN3O/c1-18(2)16-26-23(29)27-13-11-24(12-14-27)17-28(21-10-6-9-20(25)15-21)22(24)19-7-4-3-5-8-19/h3-10,15,18,22H,11-14,16-17H2,1-2H3,(H,26,29). The molecule has 4 rings (SSSR count). The topological polar surface area (TPSA) is 35.6 Å². The molecule has 0 aliphatic carbocycles. The lowest BCUT2D eigenvalue weighted by atomic mass is 9.63. The summed E-state index contributed by atoms with van der Waals surface area (Å²) in [5, 5.41) is 3.03. The van der Waals surface area contributed by atoms with Gasteiger partial charge in [-0.2, -0.15) is 0 Å². The van der Waals surface area contributed by atoms with Gasteiger partial charge in [0.2, 0.25) is 0 Å². The highest BCUT2D eigenvalue weighted by Gasteiger charge is 2.54. The second-order valence-corrected chi connectivity index (χ2v) is 8.85. The highest BCUT2D eigenvalue weighted by atomic mass is 19.1. The number of nitrogens with zero attached hydrogens (tertiary/aromatic N) is 2. The van der Waals surface area contributed by atoms with Gasteiger partial charge in [0, 0.05) is 37.3 Å². The third kappa shape index (κ3) is 3.96. The Morgan fingerprint density at radius 3 is 2.52 bits per heavy atom. The lowest BCUT2D eigenvalue weighted by Crippen LogP contribution is -2.63. The predicted octanol–water partition coefficient (Wildman–Crippen LogP) is 4.83. The summed E-state index contributed by atoms with van der Waals surface area (Å²) in [4.78, 5) is 16.7. The van der Waals surface area contributed by atoms with Crippen molar-refractivity contribution in [3.63, 3.8) is 0 Å². The van der Waals surface area contributed by atoms with Crippen LogP contribution in [0.4, 0.5) is 14.9 Å². The third-order valence-electron chi connectivity index (χ3n) is 6.34. The fourth-order valence-corrected chi connectivity index (χ4v) is 4.79. The zero-order valence-electron chi connectivity index (χ0n) is 17.3. The Balaban J connectivity index is 1.51. The molecule has 1 unspecified atom stereocenters. The van der Waals surface area contributed by atoms with E-state index in [0.29, 0.717) is 12.5 Å². The van der Waals surface area contributed by atoms with E-state index in [1.54, 1.807) is 12.1 Å². The lowest BCUT2D eigenvalue weighted by Gasteiger charge is -2.61. The van der Waals surface area contributed by atoms with Crippen LogP contribution in [0, 0.1) is 17.2 Å². The molecule has 2 aromatic rings. The molecule has 4 nitrogen and oxygen atoms in total. The summed E-state index contributed by atoms with van der Waals surface area (Å²) < 4.78 is 13.8. The van der Waals surface area contributed by atoms with E-state index in [1.165, 1.54) is 11.6 Å². The fraction of sp³-hybridized carbons (Fsp3) is 0.458. The van der Waals surface area contributed by atoms with Crippen molar-refractivity contribution < 1.29 is 9.18 Å². The first kappa shape index (κ1) is 19.7. The molecule has 5 heteroatoms.